The van der Waals surface area contributed by atoms with Gasteiger partial charge in [0.2, 0.25) is 0 Å². The van der Waals surface area contributed by atoms with Crippen molar-refractivity contribution in [2.75, 3.05) is 7.11 Å². The van der Waals surface area contributed by atoms with E-state index < -0.39 is 12.0 Å². The van der Waals surface area contributed by atoms with Crippen molar-refractivity contribution in [2.24, 2.45) is 0 Å². The maximum atomic E-state index is 12.4. The van der Waals surface area contributed by atoms with Crippen LogP contribution in [0.4, 0.5) is 0 Å². The number of methoxy groups -OCH3 is 1. The highest BCUT2D eigenvalue weighted by molar-refractivity contribution is 6.30. The lowest BCUT2D eigenvalue weighted by molar-refractivity contribution is -0.144. The predicted octanol–water partition coefficient (Wildman–Crippen LogP) is 1.41. The monoisotopic (exact) mass is 307 g/mol. The van der Waals surface area contributed by atoms with E-state index in [1.807, 2.05) is 12.1 Å². The Balaban J connectivity index is 1.91. The fourth-order valence-corrected chi connectivity index (χ4v) is 2.69. The summed E-state index contributed by atoms with van der Waals surface area (Å²) in [4.78, 5) is 24.1. The summed E-state index contributed by atoms with van der Waals surface area (Å²) >= 11 is 5.84. The predicted molar refractivity (Wildman–Crippen MR) is 76.4 cm³/mol. The quantitative estimate of drug-likeness (QED) is 0.804. The molecule has 1 aliphatic heterocycles. The second-order valence-corrected chi connectivity index (χ2v) is 5.37. The average molecular weight is 308 g/mol. The fourth-order valence-electron chi connectivity index (χ4n) is 2.57. The van der Waals surface area contributed by atoms with E-state index in [1.165, 1.54) is 16.4 Å². The van der Waals surface area contributed by atoms with Gasteiger partial charge in [-0.05, 0) is 24.1 Å². The molecule has 0 aliphatic carbocycles. The smallest absolute Gasteiger partial charge is 0.347 e. The van der Waals surface area contributed by atoms with Gasteiger partial charge in [0.25, 0.3) is 0 Å². The summed E-state index contributed by atoms with van der Waals surface area (Å²) in [6.45, 7) is 0.351. The van der Waals surface area contributed by atoms with Gasteiger partial charge in [-0.3, -0.25) is 4.57 Å². The van der Waals surface area contributed by atoms with Gasteiger partial charge < -0.3 is 4.74 Å². The molecule has 2 aromatic rings. The molecular formula is C14H14ClN3O3. The van der Waals surface area contributed by atoms with Crippen molar-refractivity contribution >= 4 is 17.6 Å². The molecule has 110 valence electrons. The molecule has 0 radical (unpaired) electrons. The van der Waals surface area contributed by atoms with Gasteiger partial charge in [-0.2, -0.15) is 5.10 Å². The number of aromatic nitrogens is 3. The first-order valence-corrected chi connectivity index (χ1v) is 6.98. The number of benzene rings is 1. The van der Waals surface area contributed by atoms with E-state index in [0.717, 1.165) is 5.56 Å². The third-order valence-electron chi connectivity index (χ3n) is 3.61. The summed E-state index contributed by atoms with van der Waals surface area (Å²) in [6.07, 6.45) is 1.16. The minimum absolute atomic E-state index is 0.284. The lowest BCUT2D eigenvalue weighted by atomic mass is 10.2. The molecule has 0 N–H and O–H groups in total. The molecule has 1 aromatic heterocycles. The highest BCUT2D eigenvalue weighted by Gasteiger charge is 2.33. The van der Waals surface area contributed by atoms with E-state index in [4.69, 9.17) is 16.3 Å². The average Bonchev–Trinajstić information content (AvgIpc) is 3.02. The zero-order valence-corrected chi connectivity index (χ0v) is 12.2. The van der Waals surface area contributed by atoms with Crippen molar-refractivity contribution in [2.45, 2.75) is 25.4 Å². The molecule has 0 amide bonds. The Morgan fingerprint density at radius 1 is 1.43 bits per heavy atom. The number of fused-ring (bicyclic) bond motifs is 1. The molecule has 6 nitrogen and oxygen atoms in total. The number of ether oxygens (including phenoxy) is 1. The third-order valence-corrected chi connectivity index (χ3v) is 3.87. The van der Waals surface area contributed by atoms with E-state index in [9.17, 15) is 9.59 Å². The molecule has 3 rings (SSSR count). The van der Waals surface area contributed by atoms with Crippen LogP contribution in [0.5, 0.6) is 0 Å². The first kappa shape index (κ1) is 13.9. The zero-order chi connectivity index (χ0) is 15.0. The molecule has 1 aliphatic rings. The number of esters is 1. The highest BCUT2D eigenvalue weighted by atomic mass is 35.5. The topological polar surface area (TPSA) is 66.1 Å². The lowest BCUT2D eigenvalue weighted by Gasteiger charge is -2.08. The minimum Gasteiger partial charge on any atom is -0.467 e. The highest BCUT2D eigenvalue weighted by Crippen LogP contribution is 2.23. The molecule has 0 spiro atoms. The summed E-state index contributed by atoms with van der Waals surface area (Å²) in [5.41, 5.74) is 0.640. The molecule has 2 heterocycles. The number of hydrogen-bond donors (Lipinski definition) is 0. The molecule has 1 atom stereocenters. The van der Waals surface area contributed by atoms with Gasteiger partial charge in [0.05, 0.1) is 13.7 Å². The van der Waals surface area contributed by atoms with E-state index in [0.29, 0.717) is 30.2 Å². The van der Waals surface area contributed by atoms with Crippen molar-refractivity contribution < 1.29 is 9.53 Å². The van der Waals surface area contributed by atoms with Crippen LogP contribution in [-0.2, 0) is 22.5 Å². The van der Waals surface area contributed by atoms with Crippen LogP contribution in [0.15, 0.2) is 29.1 Å². The largest absolute Gasteiger partial charge is 0.467 e. The molecule has 0 bridgehead atoms. The van der Waals surface area contributed by atoms with Crippen LogP contribution in [0.2, 0.25) is 5.02 Å². The fraction of sp³-hybridized carbons (Fsp3) is 0.357. The van der Waals surface area contributed by atoms with Gasteiger partial charge in [0.1, 0.15) is 11.9 Å². The Bertz CT molecular complexity index is 733. The number of carbonyl (C=O) groups is 1. The standard InChI is InChI=1S/C14H14ClN3O3/c1-21-13(19)11-6-7-12-16-17(14(20)18(11)12)8-9-2-4-10(15)5-3-9/h2-5,11H,6-8H2,1H3. The van der Waals surface area contributed by atoms with Crippen LogP contribution in [0.3, 0.4) is 0 Å². The number of carbonyl (C=O) groups excluding carboxylic acids is 1. The van der Waals surface area contributed by atoms with Gasteiger partial charge >= 0.3 is 11.7 Å². The maximum Gasteiger partial charge on any atom is 0.347 e. The SMILES string of the molecule is COC(=O)C1CCc2nn(Cc3ccc(Cl)cc3)c(=O)n21. The van der Waals surface area contributed by atoms with Crippen LogP contribution in [0.1, 0.15) is 23.9 Å². The van der Waals surface area contributed by atoms with Crippen LogP contribution in [0, 0.1) is 0 Å². The van der Waals surface area contributed by atoms with E-state index >= 15 is 0 Å². The summed E-state index contributed by atoms with van der Waals surface area (Å²) in [5, 5.41) is 4.94. The molecule has 1 aromatic carbocycles. The van der Waals surface area contributed by atoms with E-state index in [1.54, 1.807) is 12.1 Å². The Morgan fingerprint density at radius 3 is 2.81 bits per heavy atom. The van der Waals surface area contributed by atoms with Crippen molar-refractivity contribution in [3.05, 3.63) is 51.2 Å². The van der Waals surface area contributed by atoms with Crippen molar-refractivity contribution in [1.29, 1.82) is 0 Å². The minimum atomic E-state index is -0.559. The molecule has 7 heteroatoms. The molecule has 21 heavy (non-hydrogen) atoms. The summed E-state index contributed by atoms with van der Waals surface area (Å²) in [6, 6.07) is 6.66. The number of aryl methyl sites for hydroxylation is 1. The molecule has 0 fully saturated rings. The van der Waals surface area contributed by atoms with Crippen LogP contribution in [-0.4, -0.2) is 27.4 Å². The van der Waals surface area contributed by atoms with E-state index in [-0.39, 0.29) is 5.69 Å². The first-order valence-electron chi connectivity index (χ1n) is 6.60. The summed E-state index contributed by atoms with van der Waals surface area (Å²) in [7, 11) is 1.32. The Kier molecular flexibility index (Phi) is 3.55. The third kappa shape index (κ3) is 2.47. The van der Waals surface area contributed by atoms with Gasteiger partial charge in [-0.25, -0.2) is 14.3 Å². The van der Waals surface area contributed by atoms with Crippen LogP contribution in [0.25, 0.3) is 0 Å². The van der Waals surface area contributed by atoms with Gasteiger partial charge in [0.15, 0.2) is 0 Å². The van der Waals surface area contributed by atoms with Crippen molar-refractivity contribution in [3.63, 3.8) is 0 Å². The van der Waals surface area contributed by atoms with Gasteiger partial charge in [0, 0.05) is 11.4 Å². The number of rotatable bonds is 3. The molecule has 0 saturated carbocycles. The summed E-state index contributed by atoms with van der Waals surface area (Å²) in [5.74, 6) is 0.228. The number of halogens is 1. The Morgan fingerprint density at radius 2 is 2.14 bits per heavy atom. The van der Waals surface area contributed by atoms with Crippen LogP contribution < -0.4 is 5.69 Å². The first-order chi connectivity index (χ1) is 10.1. The van der Waals surface area contributed by atoms with Crippen LogP contribution >= 0.6 is 11.6 Å². The van der Waals surface area contributed by atoms with Gasteiger partial charge in [-0.1, -0.05) is 23.7 Å². The molecular weight excluding hydrogens is 294 g/mol. The van der Waals surface area contributed by atoms with Gasteiger partial charge in [-0.15, -0.1) is 0 Å². The lowest BCUT2D eigenvalue weighted by Crippen LogP contribution is -2.30. The molecule has 1 unspecified atom stereocenters. The second kappa shape index (κ2) is 5.37. The van der Waals surface area contributed by atoms with Crippen molar-refractivity contribution in [1.82, 2.24) is 14.3 Å². The Hall–Kier alpha value is -2.08. The Labute approximate surface area is 125 Å². The molecule has 0 saturated heterocycles. The number of hydrogen-bond acceptors (Lipinski definition) is 4. The second-order valence-electron chi connectivity index (χ2n) is 4.93. The number of nitrogens with zero attached hydrogens (tertiary/aromatic N) is 3. The normalized spacial score (nSPS) is 16.8. The van der Waals surface area contributed by atoms with E-state index in [2.05, 4.69) is 5.10 Å². The maximum absolute atomic E-state index is 12.4. The van der Waals surface area contributed by atoms with Crippen molar-refractivity contribution in [3.8, 4) is 0 Å². The zero-order valence-electron chi connectivity index (χ0n) is 11.5. The summed E-state index contributed by atoms with van der Waals surface area (Å²) < 4.78 is 7.54.